The minimum atomic E-state index is 0.356. The zero-order chi connectivity index (χ0) is 11.9. The SMILES string of the molecule is CCCNC(COCC1CCCCO1)C1CC1. The van der Waals surface area contributed by atoms with Crippen molar-refractivity contribution in [3.63, 3.8) is 0 Å². The first-order chi connectivity index (χ1) is 8.40. The first-order valence-electron chi connectivity index (χ1n) is 7.33. The predicted octanol–water partition coefficient (Wildman–Crippen LogP) is 2.35. The van der Waals surface area contributed by atoms with Gasteiger partial charge in [0.25, 0.3) is 0 Å². The highest BCUT2D eigenvalue weighted by atomic mass is 16.5. The highest BCUT2D eigenvalue weighted by molar-refractivity contribution is 4.86. The van der Waals surface area contributed by atoms with Crippen molar-refractivity contribution in [1.82, 2.24) is 5.32 Å². The second-order valence-electron chi connectivity index (χ2n) is 5.42. The maximum atomic E-state index is 5.85. The molecule has 3 nitrogen and oxygen atoms in total. The van der Waals surface area contributed by atoms with E-state index >= 15 is 0 Å². The average Bonchev–Trinajstić information content (AvgIpc) is 3.19. The molecule has 0 amide bonds. The second kappa shape index (κ2) is 7.34. The van der Waals surface area contributed by atoms with Gasteiger partial charge < -0.3 is 14.8 Å². The van der Waals surface area contributed by atoms with Gasteiger partial charge in [-0.25, -0.2) is 0 Å². The Morgan fingerprint density at radius 2 is 2.18 bits per heavy atom. The standard InChI is InChI=1S/C14H27NO2/c1-2-8-15-14(12-6-7-12)11-16-10-13-5-3-4-9-17-13/h12-15H,2-11H2,1H3. The summed E-state index contributed by atoms with van der Waals surface area (Å²) < 4.78 is 11.5. The third-order valence-corrected chi connectivity index (χ3v) is 3.72. The summed E-state index contributed by atoms with van der Waals surface area (Å²) in [5.41, 5.74) is 0. The van der Waals surface area contributed by atoms with E-state index in [-0.39, 0.29) is 0 Å². The molecule has 2 rings (SSSR count). The van der Waals surface area contributed by atoms with Crippen LogP contribution in [0.1, 0.15) is 45.4 Å². The first kappa shape index (κ1) is 13.3. The Labute approximate surface area is 105 Å². The molecule has 1 heterocycles. The fraction of sp³-hybridized carbons (Fsp3) is 1.00. The summed E-state index contributed by atoms with van der Waals surface area (Å²) in [7, 11) is 0. The van der Waals surface area contributed by atoms with Crippen LogP contribution in [0.5, 0.6) is 0 Å². The van der Waals surface area contributed by atoms with Gasteiger partial charge in [-0.3, -0.25) is 0 Å². The van der Waals surface area contributed by atoms with Gasteiger partial charge in [0.15, 0.2) is 0 Å². The Bertz CT molecular complexity index is 200. The molecular weight excluding hydrogens is 214 g/mol. The van der Waals surface area contributed by atoms with E-state index in [1.54, 1.807) is 0 Å². The van der Waals surface area contributed by atoms with E-state index in [2.05, 4.69) is 12.2 Å². The Morgan fingerprint density at radius 3 is 2.82 bits per heavy atom. The number of hydrogen-bond acceptors (Lipinski definition) is 3. The van der Waals surface area contributed by atoms with Crippen molar-refractivity contribution in [2.45, 2.75) is 57.6 Å². The molecule has 2 unspecified atom stereocenters. The molecule has 17 heavy (non-hydrogen) atoms. The summed E-state index contributed by atoms with van der Waals surface area (Å²) in [5, 5.41) is 3.60. The van der Waals surface area contributed by atoms with Crippen LogP contribution >= 0.6 is 0 Å². The van der Waals surface area contributed by atoms with E-state index in [9.17, 15) is 0 Å². The molecule has 0 radical (unpaired) electrons. The minimum absolute atomic E-state index is 0.356. The molecule has 1 saturated heterocycles. The molecule has 0 aromatic carbocycles. The molecule has 3 heteroatoms. The predicted molar refractivity (Wildman–Crippen MR) is 69.2 cm³/mol. The van der Waals surface area contributed by atoms with Gasteiger partial charge in [0, 0.05) is 12.6 Å². The lowest BCUT2D eigenvalue weighted by molar-refractivity contribution is -0.0449. The highest BCUT2D eigenvalue weighted by Gasteiger charge is 2.30. The summed E-state index contributed by atoms with van der Waals surface area (Å²) in [6.07, 6.45) is 8.02. The molecule has 1 aliphatic heterocycles. The van der Waals surface area contributed by atoms with E-state index in [1.165, 1.54) is 38.5 Å². The van der Waals surface area contributed by atoms with Crippen molar-refractivity contribution in [1.29, 1.82) is 0 Å². The zero-order valence-electron chi connectivity index (χ0n) is 11.1. The van der Waals surface area contributed by atoms with E-state index in [0.29, 0.717) is 12.1 Å². The largest absolute Gasteiger partial charge is 0.377 e. The molecule has 0 aromatic rings. The van der Waals surface area contributed by atoms with Gasteiger partial charge in [-0.15, -0.1) is 0 Å². The van der Waals surface area contributed by atoms with E-state index in [0.717, 1.165) is 32.3 Å². The summed E-state index contributed by atoms with van der Waals surface area (Å²) in [6.45, 7) is 5.91. The highest BCUT2D eigenvalue weighted by Crippen LogP contribution is 2.32. The summed E-state index contributed by atoms with van der Waals surface area (Å²) in [6, 6.07) is 0.582. The van der Waals surface area contributed by atoms with Gasteiger partial charge in [0.1, 0.15) is 0 Å². The summed E-state index contributed by atoms with van der Waals surface area (Å²) in [5.74, 6) is 0.869. The van der Waals surface area contributed by atoms with Crippen LogP contribution in [0.15, 0.2) is 0 Å². The van der Waals surface area contributed by atoms with Crippen LogP contribution in [0.25, 0.3) is 0 Å². The molecule has 1 N–H and O–H groups in total. The van der Waals surface area contributed by atoms with Crippen LogP contribution in [0.3, 0.4) is 0 Å². The fourth-order valence-corrected chi connectivity index (χ4v) is 2.46. The molecule has 2 aliphatic rings. The minimum Gasteiger partial charge on any atom is -0.377 e. The van der Waals surface area contributed by atoms with Crippen molar-refractivity contribution in [2.75, 3.05) is 26.4 Å². The van der Waals surface area contributed by atoms with Crippen molar-refractivity contribution in [2.24, 2.45) is 5.92 Å². The average molecular weight is 241 g/mol. The molecule has 0 spiro atoms. The first-order valence-corrected chi connectivity index (χ1v) is 7.33. The Morgan fingerprint density at radius 1 is 1.29 bits per heavy atom. The monoisotopic (exact) mass is 241 g/mol. The van der Waals surface area contributed by atoms with Gasteiger partial charge in [0.05, 0.1) is 19.3 Å². The molecule has 100 valence electrons. The van der Waals surface area contributed by atoms with Crippen molar-refractivity contribution in [3.05, 3.63) is 0 Å². The van der Waals surface area contributed by atoms with Crippen molar-refractivity contribution >= 4 is 0 Å². The topological polar surface area (TPSA) is 30.5 Å². The van der Waals surface area contributed by atoms with Crippen LogP contribution in [-0.4, -0.2) is 38.5 Å². The Balaban J connectivity index is 1.57. The van der Waals surface area contributed by atoms with Gasteiger partial charge in [-0.2, -0.15) is 0 Å². The van der Waals surface area contributed by atoms with Crippen LogP contribution in [-0.2, 0) is 9.47 Å². The third kappa shape index (κ3) is 4.94. The third-order valence-electron chi connectivity index (χ3n) is 3.72. The zero-order valence-corrected chi connectivity index (χ0v) is 11.1. The number of ether oxygens (including phenoxy) is 2. The molecular formula is C14H27NO2. The van der Waals surface area contributed by atoms with Crippen LogP contribution in [0.4, 0.5) is 0 Å². The molecule has 0 bridgehead atoms. The quantitative estimate of drug-likeness (QED) is 0.707. The molecule has 2 atom stereocenters. The lowest BCUT2D eigenvalue weighted by atomic mass is 10.1. The van der Waals surface area contributed by atoms with E-state index in [1.807, 2.05) is 0 Å². The lowest BCUT2D eigenvalue weighted by Crippen LogP contribution is -2.37. The van der Waals surface area contributed by atoms with Crippen molar-refractivity contribution in [3.8, 4) is 0 Å². The van der Waals surface area contributed by atoms with E-state index < -0.39 is 0 Å². The van der Waals surface area contributed by atoms with Gasteiger partial charge in [-0.1, -0.05) is 6.92 Å². The second-order valence-corrected chi connectivity index (χ2v) is 5.42. The van der Waals surface area contributed by atoms with Crippen LogP contribution in [0, 0.1) is 5.92 Å². The normalized spacial score (nSPS) is 27.0. The smallest absolute Gasteiger partial charge is 0.0808 e. The number of hydrogen-bond donors (Lipinski definition) is 1. The molecule has 1 saturated carbocycles. The maximum Gasteiger partial charge on any atom is 0.0808 e. The van der Waals surface area contributed by atoms with Crippen LogP contribution < -0.4 is 5.32 Å². The Hall–Kier alpha value is -0.120. The van der Waals surface area contributed by atoms with Crippen LogP contribution in [0.2, 0.25) is 0 Å². The van der Waals surface area contributed by atoms with Gasteiger partial charge in [-0.05, 0) is 51.0 Å². The molecule has 1 aliphatic carbocycles. The maximum absolute atomic E-state index is 5.85. The van der Waals surface area contributed by atoms with Gasteiger partial charge >= 0.3 is 0 Å². The molecule has 0 aromatic heterocycles. The number of rotatable bonds is 8. The van der Waals surface area contributed by atoms with Crippen molar-refractivity contribution < 1.29 is 9.47 Å². The summed E-state index contributed by atoms with van der Waals surface area (Å²) in [4.78, 5) is 0. The fourth-order valence-electron chi connectivity index (χ4n) is 2.46. The summed E-state index contributed by atoms with van der Waals surface area (Å²) >= 11 is 0. The van der Waals surface area contributed by atoms with E-state index in [4.69, 9.17) is 9.47 Å². The number of nitrogens with one attached hydrogen (secondary N) is 1. The molecule has 2 fully saturated rings. The lowest BCUT2D eigenvalue weighted by Gasteiger charge is -2.24. The Kier molecular flexibility index (Phi) is 5.75. The van der Waals surface area contributed by atoms with Gasteiger partial charge in [0.2, 0.25) is 0 Å².